The van der Waals surface area contributed by atoms with Crippen molar-refractivity contribution < 1.29 is 14.5 Å². The summed E-state index contributed by atoms with van der Waals surface area (Å²) in [5, 5.41) is 11.0. The second-order valence-corrected chi connectivity index (χ2v) is 6.11. The van der Waals surface area contributed by atoms with E-state index >= 15 is 0 Å². The minimum absolute atomic E-state index is 0.0271. The molecule has 0 amide bonds. The molecule has 0 bridgehead atoms. The Kier molecular flexibility index (Phi) is 4.38. The average Bonchev–Trinajstić information content (AvgIpc) is 3.22. The minimum Gasteiger partial charge on any atom is -0.460 e. The van der Waals surface area contributed by atoms with Gasteiger partial charge in [0, 0.05) is 18.7 Å². The Morgan fingerprint density at radius 1 is 1.32 bits per heavy atom. The van der Waals surface area contributed by atoms with E-state index < -0.39 is 10.9 Å². The molecule has 22 heavy (non-hydrogen) atoms. The molecule has 1 heterocycles. The van der Waals surface area contributed by atoms with Crippen molar-refractivity contribution >= 4 is 11.7 Å². The van der Waals surface area contributed by atoms with Crippen LogP contribution in [0.2, 0.25) is 0 Å². The fourth-order valence-corrected chi connectivity index (χ4v) is 3.01. The van der Waals surface area contributed by atoms with Crippen molar-refractivity contribution in [1.29, 1.82) is 0 Å². The number of nitro groups is 1. The molecule has 1 aromatic rings. The quantitative estimate of drug-likeness (QED) is 0.459. The highest BCUT2D eigenvalue weighted by Crippen LogP contribution is 2.32. The highest BCUT2D eigenvalue weighted by molar-refractivity contribution is 5.93. The molecule has 1 atom stereocenters. The first-order valence-corrected chi connectivity index (χ1v) is 7.79. The summed E-state index contributed by atoms with van der Waals surface area (Å²) in [6.07, 6.45) is 4.76. The monoisotopic (exact) mass is 304 g/mol. The number of likely N-dealkylation sites (tertiary alicyclic amines) is 1. The van der Waals surface area contributed by atoms with Crippen molar-refractivity contribution in [3.63, 3.8) is 0 Å². The summed E-state index contributed by atoms with van der Waals surface area (Å²) in [6, 6.07) is 6.18. The van der Waals surface area contributed by atoms with Gasteiger partial charge >= 0.3 is 5.97 Å². The number of hydrogen-bond acceptors (Lipinski definition) is 5. The molecule has 1 aliphatic carbocycles. The van der Waals surface area contributed by atoms with Crippen molar-refractivity contribution in [3.05, 3.63) is 39.9 Å². The molecule has 1 aliphatic heterocycles. The molecule has 118 valence electrons. The first-order valence-electron chi connectivity index (χ1n) is 7.79. The summed E-state index contributed by atoms with van der Waals surface area (Å²) in [5.41, 5.74) is -0.173. The van der Waals surface area contributed by atoms with Gasteiger partial charge in [-0.15, -0.1) is 0 Å². The summed E-state index contributed by atoms with van der Waals surface area (Å²) in [6.45, 7) is 2.47. The molecule has 0 aromatic heterocycles. The topological polar surface area (TPSA) is 72.7 Å². The number of benzene rings is 1. The third-order valence-electron chi connectivity index (χ3n) is 4.42. The molecule has 1 saturated carbocycles. The van der Waals surface area contributed by atoms with Crippen molar-refractivity contribution in [1.82, 2.24) is 4.90 Å². The van der Waals surface area contributed by atoms with E-state index in [-0.39, 0.29) is 17.3 Å². The summed E-state index contributed by atoms with van der Waals surface area (Å²) < 4.78 is 5.35. The van der Waals surface area contributed by atoms with Gasteiger partial charge in [0.1, 0.15) is 12.2 Å². The number of nitrogens with zero attached hydrogens (tertiary/aromatic N) is 2. The maximum absolute atomic E-state index is 12.1. The van der Waals surface area contributed by atoms with Crippen molar-refractivity contribution in [2.75, 3.05) is 19.7 Å². The van der Waals surface area contributed by atoms with Crippen LogP contribution < -0.4 is 0 Å². The van der Waals surface area contributed by atoms with Gasteiger partial charge in [-0.05, 0) is 44.2 Å². The molecule has 1 aromatic carbocycles. The van der Waals surface area contributed by atoms with Gasteiger partial charge in [-0.25, -0.2) is 4.79 Å². The Morgan fingerprint density at radius 2 is 2.09 bits per heavy atom. The lowest BCUT2D eigenvalue weighted by atomic mass is 10.2. The molecule has 6 nitrogen and oxygen atoms in total. The molecular formula is C16H20N2O4. The van der Waals surface area contributed by atoms with Gasteiger partial charge < -0.3 is 4.74 Å². The first-order chi connectivity index (χ1) is 10.6. The Morgan fingerprint density at radius 3 is 2.82 bits per heavy atom. The van der Waals surface area contributed by atoms with Crippen molar-refractivity contribution in [2.24, 2.45) is 5.92 Å². The van der Waals surface area contributed by atoms with Crippen molar-refractivity contribution in [2.45, 2.75) is 31.7 Å². The maximum atomic E-state index is 12.1. The number of nitro benzene ring substituents is 1. The largest absolute Gasteiger partial charge is 0.460 e. The standard InChI is InChI=1S/C16H20N2O4/c19-16(14-5-1-2-6-15(14)18(20)21)22-11-13-4-3-9-17(13)10-12-7-8-12/h1-2,5-6,12-13H,3-4,7-11H2. The summed E-state index contributed by atoms with van der Waals surface area (Å²) in [7, 11) is 0. The SMILES string of the molecule is O=C(OCC1CCCN1CC1CC1)c1ccccc1[N+](=O)[O-]. The Labute approximate surface area is 129 Å². The molecule has 1 saturated heterocycles. The van der Waals surface area contributed by atoms with Crippen LogP contribution in [0, 0.1) is 16.0 Å². The zero-order valence-corrected chi connectivity index (χ0v) is 12.4. The average molecular weight is 304 g/mol. The third-order valence-corrected chi connectivity index (χ3v) is 4.42. The van der Waals surface area contributed by atoms with Crippen LogP contribution in [-0.4, -0.2) is 41.5 Å². The molecule has 2 fully saturated rings. The van der Waals surface area contributed by atoms with Crippen LogP contribution in [0.15, 0.2) is 24.3 Å². The smallest absolute Gasteiger partial charge is 0.345 e. The van der Waals surface area contributed by atoms with Crippen molar-refractivity contribution in [3.8, 4) is 0 Å². The van der Waals surface area contributed by atoms with Crippen LogP contribution in [0.5, 0.6) is 0 Å². The van der Waals surface area contributed by atoms with Gasteiger partial charge in [-0.1, -0.05) is 12.1 Å². The Bertz CT molecular complexity index is 571. The lowest BCUT2D eigenvalue weighted by Gasteiger charge is -2.23. The van der Waals surface area contributed by atoms with E-state index in [0.717, 1.165) is 31.8 Å². The van der Waals surface area contributed by atoms with Gasteiger partial charge in [-0.2, -0.15) is 0 Å². The minimum atomic E-state index is -0.606. The van der Waals surface area contributed by atoms with E-state index in [9.17, 15) is 14.9 Å². The molecule has 2 aliphatic rings. The normalized spacial score (nSPS) is 21.7. The second kappa shape index (κ2) is 6.44. The molecule has 0 N–H and O–H groups in total. The molecule has 1 unspecified atom stereocenters. The molecule has 0 spiro atoms. The first kappa shape index (κ1) is 15.0. The van der Waals surface area contributed by atoms with Crippen LogP contribution in [-0.2, 0) is 4.74 Å². The van der Waals surface area contributed by atoms with Gasteiger partial charge in [0.25, 0.3) is 5.69 Å². The molecule has 3 rings (SSSR count). The van der Waals surface area contributed by atoms with Gasteiger partial charge in [0.15, 0.2) is 0 Å². The number of para-hydroxylation sites is 1. The molecular weight excluding hydrogens is 284 g/mol. The van der Waals surface area contributed by atoms with E-state index in [2.05, 4.69) is 4.90 Å². The summed E-state index contributed by atoms with van der Waals surface area (Å²) in [4.78, 5) is 24.9. The maximum Gasteiger partial charge on any atom is 0.345 e. The number of ether oxygens (including phenoxy) is 1. The van der Waals surface area contributed by atoms with E-state index in [4.69, 9.17) is 4.74 Å². The second-order valence-electron chi connectivity index (χ2n) is 6.11. The van der Waals surface area contributed by atoms with Crippen LogP contribution in [0.25, 0.3) is 0 Å². The van der Waals surface area contributed by atoms with Crippen LogP contribution in [0.3, 0.4) is 0 Å². The van der Waals surface area contributed by atoms with E-state index in [1.807, 2.05) is 0 Å². The number of carbonyl (C=O) groups excluding carboxylic acids is 1. The number of esters is 1. The zero-order chi connectivity index (χ0) is 15.5. The highest BCUT2D eigenvalue weighted by Gasteiger charge is 2.32. The molecule has 6 heteroatoms. The third kappa shape index (κ3) is 3.44. The van der Waals surface area contributed by atoms with Crippen LogP contribution in [0.4, 0.5) is 5.69 Å². The Hall–Kier alpha value is -1.95. The van der Waals surface area contributed by atoms with E-state index in [0.29, 0.717) is 6.61 Å². The lowest BCUT2D eigenvalue weighted by molar-refractivity contribution is -0.385. The summed E-state index contributed by atoms with van der Waals surface area (Å²) in [5.74, 6) is 0.206. The molecule has 0 radical (unpaired) electrons. The Balaban J connectivity index is 1.59. The van der Waals surface area contributed by atoms with E-state index in [1.54, 1.807) is 12.1 Å². The number of carbonyl (C=O) groups is 1. The predicted molar refractivity (Wildman–Crippen MR) is 80.7 cm³/mol. The number of rotatable bonds is 6. The zero-order valence-electron chi connectivity index (χ0n) is 12.4. The predicted octanol–water partition coefficient (Wildman–Crippen LogP) is 2.63. The van der Waals surface area contributed by atoms with Crippen LogP contribution >= 0.6 is 0 Å². The summed E-state index contributed by atoms with van der Waals surface area (Å²) >= 11 is 0. The van der Waals surface area contributed by atoms with Crippen LogP contribution in [0.1, 0.15) is 36.0 Å². The van der Waals surface area contributed by atoms with Gasteiger partial charge in [-0.3, -0.25) is 15.0 Å². The van der Waals surface area contributed by atoms with Gasteiger partial charge in [0.2, 0.25) is 0 Å². The highest BCUT2D eigenvalue weighted by atomic mass is 16.6. The number of hydrogen-bond donors (Lipinski definition) is 0. The lowest BCUT2D eigenvalue weighted by Crippen LogP contribution is -2.35. The van der Waals surface area contributed by atoms with E-state index in [1.165, 1.54) is 25.0 Å². The fraction of sp³-hybridized carbons (Fsp3) is 0.562. The van der Waals surface area contributed by atoms with Gasteiger partial charge in [0.05, 0.1) is 4.92 Å². The fourth-order valence-electron chi connectivity index (χ4n) is 3.01.